The molecule has 2 heterocycles. The summed E-state index contributed by atoms with van der Waals surface area (Å²) in [6.45, 7) is 7.38. The Morgan fingerprint density at radius 1 is 1.22 bits per heavy atom. The van der Waals surface area contributed by atoms with Gasteiger partial charge < -0.3 is 19.7 Å². The third-order valence-electron chi connectivity index (χ3n) is 4.19. The normalized spacial score (nSPS) is 11.5. The van der Waals surface area contributed by atoms with Crippen molar-refractivity contribution in [3.05, 3.63) is 53.9 Å². The first-order chi connectivity index (χ1) is 12.8. The first kappa shape index (κ1) is 18.8. The fourth-order valence-electron chi connectivity index (χ4n) is 2.70. The van der Waals surface area contributed by atoms with Crippen molar-refractivity contribution in [1.82, 2.24) is 19.5 Å². The molecule has 0 aliphatic heterocycles. The van der Waals surface area contributed by atoms with Gasteiger partial charge in [-0.15, -0.1) is 0 Å². The number of hydrogen-bond acceptors (Lipinski definition) is 6. The summed E-state index contributed by atoms with van der Waals surface area (Å²) in [7, 11) is 1.63. The second-order valence-corrected chi connectivity index (χ2v) is 6.91. The number of ether oxygens (including phenoxy) is 1. The van der Waals surface area contributed by atoms with Gasteiger partial charge in [-0.2, -0.15) is 0 Å². The van der Waals surface area contributed by atoms with Crippen molar-refractivity contribution in [2.24, 2.45) is 0 Å². The van der Waals surface area contributed by atoms with E-state index in [1.807, 2.05) is 48.9 Å². The Morgan fingerprint density at radius 3 is 2.59 bits per heavy atom. The molecule has 27 heavy (non-hydrogen) atoms. The Balaban J connectivity index is 1.94. The van der Waals surface area contributed by atoms with Gasteiger partial charge in [-0.05, 0) is 45.4 Å². The van der Waals surface area contributed by atoms with E-state index in [9.17, 15) is 5.11 Å². The van der Waals surface area contributed by atoms with Crippen LogP contribution >= 0.6 is 0 Å². The number of hydrogen-bond donors (Lipinski definition) is 2. The Kier molecular flexibility index (Phi) is 5.14. The fourth-order valence-corrected chi connectivity index (χ4v) is 2.70. The predicted octanol–water partition coefficient (Wildman–Crippen LogP) is 3.51. The van der Waals surface area contributed by atoms with Gasteiger partial charge >= 0.3 is 0 Å². The molecule has 3 rings (SSSR count). The molecule has 0 spiro atoms. The number of imidazole rings is 1. The maximum atomic E-state index is 10.3. The lowest BCUT2D eigenvalue weighted by Gasteiger charge is -2.18. The summed E-state index contributed by atoms with van der Waals surface area (Å²) < 4.78 is 7.46. The summed E-state index contributed by atoms with van der Waals surface area (Å²) in [5, 5.41) is 13.5. The van der Waals surface area contributed by atoms with Crippen LogP contribution in [0.5, 0.6) is 5.75 Å². The van der Waals surface area contributed by atoms with Crippen LogP contribution in [0.3, 0.4) is 0 Å². The number of aromatic nitrogens is 4. The summed E-state index contributed by atoms with van der Waals surface area (Å²) in [5.74, 6) is 1.14. The van der Waals surface area contributed by atoms with E-state index in [1.165, 1.54) is 0 Å². The van der Waals surface area contributed by atoms with Crippen LogP contribution in [0.2, 0.25) is 0 Å². The number of benzene rings is 1. The molecule has 0 saturated heterocycles. The van der Waals surface area contributed by atoms with E-state index in [4.69, 9.17) is 4.74 Å². The topological polar surface area (TPSA) is 85.1 Å². The summed E-state index contributed by atoms with van der Waals surface area (Å²) in [6.07, 6.45) is 4.45. The minimum Gasteiger partial charge on any atom is -0.494 e. The number of anilines is 2. The molecule has 2 aromatic heterocycles. The third kappa shape index (κ3) is 4.25. The third-order valence-corrected chi connectivity index (χ3v) is 4.19. The van der Waals surface area contributed by atoms with Crippen molar-refractivity contribution in [2.75, 3.05) is 12.4 Å². The van der Waals surface area contributed by atoms with E-state index in [0.717, 1.165) is 29.2 Å². The molecule has 0 aliphatic rings. The van der Waals surface area contributed by atoms with Crippen molar-refractivity contribution in [2.45, 2.75) is 39.7 Å². The van der Waals surface area contributed by atoms with Crippen LogP contribution < -0.4 is 10.1 Å². The molecule has 0 aliphatic carbocycles. The van der Waals surface area contributed by atoms with Gasteiger partial charge in [-0.25, -0.2) is 15.0 Å². The van der Waals surface area contributed by atoms with Crippen molar-refractivity contribution >= 4 is 11.6 Å². The molecule has 2 N–H and O–H groups in total. The number of methoxy groups -OCH3 is 1. The summed E-state index contributed by atoms with van der Waals surface area (Å²) in [6, 6.07) is 7.59. The van der Waals surface area contributed by atoms with Gasteiger partial charge in [0.2, 0.25) is 5.95 Å². The van der Waals surface area contributed by atoms with Gasteiger partial charge in [-0.3, -0.25) is 0 Å². The monoisotopic (exact) mass is 367 g/mol. The van der Waals surface area contributed by atoms with E-state index in [1.54, 1.807) is 27.3 Å². The summed E-state index contributed by atoms with van der Waals surface area (Å²) >= 11 is 0. The highest BCUT2D eigenvalue weighted by Crippen LogP contribution is 2.28. The minimum atomic E-state index is -1.04. The van der Waals surface area contributed by atoms with Crippen molar-refractivity contribution in [1.29, 1.82) is 0 Å². The van der Waals surface area contributed by atoms with Gasteiger partial charge in [0, 0.05) is 23.6 Å². The highest BCUT2D eigenvalue weighted by molar-refractivity contribution is 5.62. The van der Waals surface area contributed by atoms with Crippen LogP contribution in [0.25, 0.3) is 5.69 Å². The molecular weight excluding hydrogens is 342 g/mol. The van der Waals surface area contributed by atoms with Crippen LogP contribution in [-0.4, -0.2) is 31.7 Å². The predicted molar refractivity (Wildman–Crippen MR) is 105 cm³/mol. The Morgan fingerprint density at radius 2 is 2.00 bits per heavy atom. The number of aliphatic hydroxyl groups is 1. The van der Waals surface area contributed by atoms with Crippen LogP contribution in [0.15, 0.2) is 36.8 Å². The molecule has 0 fully saturated rings. The average molecular weight is 367 g/mol. The Bertz CT molecular complexity index is 944. The molecule has 3 aromatic rings. The molecule has 0 radical (unpaired) electrons. The molecular formula is C20H25N5O2. The Labute approximate surface area is 159 Å². The van der Waals surface area contributed by atoms with Gasteiger partial charge in [0.1, 0.15) is 11.4 Å². The fraction of sp³-hybridized carbons (Fsp3) is 0.350. The van der Waals surface area contributed by atoms with Gasteiger partial charge in [-0.1, -0.05) is 6.92 Å². The van der Waals surface area contributed by atoms with E-state index < -0.39 is 5.60 Å². The maximum absolute atomic E-state index is 10.3. The second-order valence-electron chi connectivity index (χ2n) is 6.91. The van der Waals surface area contributed by atoms with Crippen LogP contribution in [-0.2, 0) is 12.0 Å². The van der Waals surface area contributed by atoms with Gasteiger partial charge in [0.05, 0.1) is 30.5 Å². The zero-order valence-corrected chi connectivity index (χ0v) is 16.3. The SMILES string of the molecule is CCc1cc(C(C)(C)O)nc(Nc2ccc(-n3cnc(C)c3)c(OC)c2)n1. The lowest BCUT2D eigenvalue weighted by atomic mass is 10.0. The van der Waals surface area contributed by atoms with Crippen LogP contribution in [0, 0.1) is 6.92 Å². The van der Waals surface area contributed by atoms with Crippen LogP contribution in [0.1, 0.15) is 37.9 Å². The van der Waals surface area contributed by atoms with E-state index in [2.05, 4.69) is 20.3 Å². The van der Waals surface area contributed by atoms with Crippen LogP contribution in [0.4, 0.5) is 11.6 Å². The largest absolute Gasteiger partial charge is 0.494 e. The standard InChI is InChI=1S/C20H25N5O2/c1-6-14-10-18(20(3,4)26)24-19(22-14)23-15-7-8-16(17(9-15)27-5)25-11-13(2)21-12-25/h7-12,26H,6H2,1-5H3,(H,22,23,24). The first-order valence-electron chi connectivity index (χ1n) is 8.87. The van der Waals surface area contributed by atoms with Crippen molar-refractivity contribution in [3.63, 3.8) is 0 Å². The summed E-state index contributed by atoms with van der Waals surface area (Å²) in [5.41, 5.74) is 3.02. The van der Waals surface area contributed by atoms with E-state index in [-0.39, 0.29) is 0 Å². The van der Waals surface area contributed by atoms with Gasteiger partial charge in [0.15, 0.2) is 0 Å². The van der Waals surface area contributed by atoms with E-state index >= 15 is 0 Å². The smallest absolute Gasteiger partial charge is 0.227 e. The molecule has 7 heteroatoms. The van der Waals surface area contributed by atoms with E-state index in [0.29, 0.717) is 17.4 Å². The lowest BCUT2D eigenvalue weighted by molar-refractivity contribution is 0.0737. The molecule has 0 unspecified atom stereocenters. The first-order valence-corrected chi connectivity index (χ1v) is 8.87. The molecule has 142 valence electrons. The molecule has 0 amide bonds. The zero-order chi connectivity index (χ0) is 19.6. The quantitative estimate of drug-likeness (QED) is 0.693. The summed E-state index contributed by atoms with van der Waals surface area (Å²) in [4.78, 5) is 13.2. The lowest BCUT2D eigenvalue weighted by Crippen LogP contribution is -2.19. The van der Waals surface area contributed by atoms with Crippen molar-refractivity contribution in [3.8, 4) is 11.4 Å². The number of rotatable bonds is 6. The number of nitrogens with one attached hydrogen (secondary N) is 1. The number of nitrogens with zero attached hydrogens (tertiary/aromatic N) is 4. The average Bonchev–Trinajstić information content (AvgIpc) is 3.06. The molecule has 0 atom stereocenters. The zero-order valence-electron chi connectivity index (χ0n) is 16.3. The molecule has 7 nitrogen and oxygen atoms in total. The van der Waals surface area contributed by atoms with Crippen molar-refractivity contribution < 1.29 is 9.84 Å². The molecule has 0 saturated carbocycles. The molecule has 0 bridgehead atoms. The second kappa shape index (κ2) is 7.36. The number of aryl methyl sites for hydroxylation is 2. The van der Waals surface area contributed by atoms with Gasteiger partial charge in [0.25, 0.3) is 0 Å². The molecule has 1 aromatic carbocycles. The Hall–Kier alpha value is -2.93. The highest BCUT2D eigenvalue weighted by atomic mass is 16.5. The maximum Gasteiger partial charge on any atom is 0.227 e. The minimum absolute atomic E-state index is 0.444. The highest BCUT2D eigenvalue weighted by Gasteiger charge is 2.20.